The SMILES string of the molecule is CC(C)(C)c1ccnc(-n2c3ccc(C(C)(C)C)cc3c3ccc(Oc4cccc(N5CN(c6cccc(C(C)(C)c7ccccc7)c6)c6ccc(C(C)(C)C)cc65)c4)cc32)c1. The summed E-state index contributed by atoms with van der Waals surface area (Å²) >= 11 is 0. The third-order valence-electron chi connectivity index (χ3n) is 12.9. The first kappa shape index (κ1) is 41.0. The van der Waals surface area contributed by atoms with Gasteiger partial charge in [0, 0.05) is 45.9 Å². The fourth-order valence-electron chi connectivity index (χ4n) is 8.89. The fraction of sp³-hybridized carbons (Fsp3) is 0.281. The number of hydrogen-bond acceptors (Lipinski definition) is 4. The van der Waals surface area contributed by atoms with E-state index in [1.807, 2.05) is 6.20 Å². The Hall–Kier alpha value is -6.33. The molecule has 1 aliphatic rings. The molecule has 8 aromatic rings. The van der Waals surface area contributed by atoms with E-state index in [1.54, 1.807) is 0 Å². The highest BCUT2D eigenvalue weighted by Gasteiger charge is 2.32. The molecule has 9 rings (SSSR count). The van der Waals surface area contributed by atoms with Gasteiger partial charge in [0.15, 0.2) is 0 Å². The van der Waals surface area contributed by atoms with E-state index in [9.17, 15) is 0 Å². The summed E-state index contributed by atoms with van der Waals surface area (Å²) in [7, 11) is 0. The molecular formula is C57H60N4O. The lowest BCUT2D eigenvalue weighted by molar-refractivity contribution is 0.483. The number of benzene rings is 6. The van der Waals surface area contributed by atoms with Crippen molar-refractivity contribution in [1.29, 1.82) is 0 Å². The van der Waals surface area contributed by atoms with Gasteiger partial charge < -0.3 is 14.5 Å². The van der Waals surface area contributed by atoms with Crippen molar-refractivity contribution < 1.29 is 4.74 Å². The Morgan fingerprint density at radius 3 is 1.77 bits per heavy atom. The number of rotatable bonds is 7. The average Bonchev–Trinajstić information content (AvgIpc) is 3.79. The van der Waals surface area contributed by atoms with Crippen molar-refractivity contribution in [2.75, 3.05) is 16.5 Å². The van der Waals surface area contributed by atoms with Crippen LogP contribution in [0.5, 0.6) is 11.5 Å². The van der Waals surface area contributed by atoms with Crippen LogP contribution in [-0.4, -0.2) is 16.2 Å². The van der Waals surface area contributed by atoms with E-state index in [-0.39, 0.29) is 21.7 Å². The molecule has 0 amide bonds. The smallest absolute Gasteiger partial charge is 0.137 e. The third kappa shape index (κ3) is 7.52. The Morgan fingerprint density at radius 1 is 0.435 bits per heavy atom. The van der Waals surface area contributed by atoms with Gasteiger partial charge in [-0.2, -0.15) is 0 Å². The number of ether oxygens (including phenoxy) is 1. The van der Waals surface area contributed by atoms with E-state index in [0.717, 1.165) is 34.0 Å². The van der Waals surface area contributed by atoms with Gasteiger partial charge in [0.2, 0.25) is 0 Å². The normalized spacial score (nSPS) is 13.6. The van der Waals surface area contributed by atoms with Crippen LogP contribution >= 0.6 is 0 Å². The van der Waals surface area contributed by atoms with Crippen LogP contribution in [0.25, 0.3) is 27.6 Å². The predicted octanol–water partition coefficient (Wildman–Crippen LogP) is 15.4. The predicted molar refractivity (Wildman–Crippen MR) is 262 cm³/mol. The zero-order chi connectivity index (χ0) is 43.8. The second kappa shape index (κ2) is 14.9. The molecule has 62 heavy (non-hydrogen) atoms. The van der Waals surface area contributed by atoms with Crippen molar-refractivity contribution in [3.8, 4) is 17.3 Å². The van der Waals surface area contributed by atoms with Gasteiger partial charge in [-0.15, -0.1) is 0 Å². The molecule has 3 heterocycles. The van der Waals surface area contributed by atoms with Gasteiger partial charge in [0.25, 0.3) is 0 Å². The zero-order valence-corrected chi connectivity index (χ0v) is 38.3. The van der Waals surface area contributed by atoms with Crippen LogP contribution in [0.15, 0.2) is 152 Å². The van der Waals surface area contributed by atoms with Gasteiger partial charge in [0.1, 0.15) is 24.0 Å². The number of hydrogen-bond donors (Lipinski definition) is 0. The van der Waals surface area contributed by atoms with Crippen molar-refractivity contribution >= 4 is 44.6 Å². The molecule has 1 aliphatic heterocycles. The highest BCUT2D eigenvalue weighted by atomic mass is 16.5. The lowest BCUT2D eigenvalue weighted by Gasteiger charge is -2.28. The summed E-state index contributed by atoms with van der Waals surface area (Å²) in [6.45, 7) is 25.7. The van der Waals surface area contributed by atoms with Crippen LogP contribution < -0.4 is 14.5 Å². The Morgan fingerprint density at radius 2 is 1.05 bits per heavy atom. The Bertz CT molecular complexity index is 2950. The van der Waals surface area contributed by atoms with E-state index in [4.69, 9.17) is 9.72 Å². The fourth-order valence-corrected chi connectivity index (χ4v) is 8.89. The molecule has 0 spiro atoms. The molecule has 0 atom stereocenters. The standard InChI is InChI=1S/C57H60N4O/c1-54(2,3)39-23-27-49-48(32-39)47-26-25-46(36-51(47)61(49)53-34-41(29-30-58-53)56(7,8)9)62-45-22-16-21-44(35-45)60-37-59(50-28-24-40(33-52(50)60)55(4,5)6)43-20-15-19-42(31-43)57(10,11)38-17-13-12-14-18-38/h12-36H,37H2,1-11H3. The quantitative estimate of drug-likeness (QED) is 0.160. The highest BCUT2D eigenvalue weighted by molar-refractivity contribution is 6.09. The summed E-state index contributed by atoms with van der Waals surface area (Å²) in [5, 5.41) is 2.39. The number of nitrogens with zero attached hydrogens (tertiary/aromatic N) is 4. The molecule has 0 bridgehead atoms. The molecule has 0 saturated heterocycles. The van der Waals surface area contributed by atoms with E-state index < -0.39 is 0 Å². The van der Waals surface area contributed by atoms with Gasteiger partial charge >= 0.3 is 0 Å². The zero-order valence-electron chi connectivity index (χ0n) is 38.3. The maximum Gasteiger partial charge on any atom is 0.137 e. The van der Waals surface area contributed by atoms with Gasteiger partial charge in [0.05, 0.1) is 22.4 Å². The summed E-state index contributed by atoms with van der Waals surface area (Å²) in [6.07, 6.45) is 1.94. The van der Waals surface area contributed by atoms with Crippen LogP contribution in [-0.2, 0) is 21.7 Å². The lowest BCUT2D eigenvalue weighted by Crippen LogP contribution is -2.25. The number of anilines is 4. The van der Waals surface area contributed by atoms with Gasteiger partial charge in [-0.05, 0) is 117 Å². The molecule has 5 nitrogen and oxygen atoms in total. The minimum Gasteiger partial charge on any atom is -0.457 e. The van der Waals surface area contributed by atoms with Crippen molar-refractivity contribution in [3.05, 3.63) is 180 Å². The van der Waals surface area contributed by atoms with Crippen LogP contribution in [0.1, 0.15) is 104 Å². The number of pyridine rings is 1. The second-order valence-corrected chi connectivity index (χ2v) is 20.7. The molecule has 0 unspecified atom stereocenters. The van der Waals surface area contributed by atoms with Crippen molar-refractivity contribution in [1.82, 2.24) is 9.55 Å². The lowest BCUT2D eigenvalue weighted by atomic mass is 9.78. The van der Waals surface area contributed by atoms with Crippen LogP contribution in [0.3, 0.4) is 0 Å². The molecule has 0 aliphatic carbocycles. The maximum atomic E-state index is 6.83. The molecule has 0 saturated carbocycles. The van der Waals surface area contributed by atoms with E-state index in [0.29, 0.717) is 6.67 Å². The third-order valence-corrected chi connectivity index (χ3v) is 12.9. The first-order chi connectivity index (χ1) is 29.4. The van der Waals surface area contributed by atoms with E-state index in [1.165, 1.54) is 55.7 Å². The molecule has 0 fully saturated rings. The highest BCUT2D eigenvalue weighted by Crippen LogP contribution is 2.48. The van der Waals surface area contributed by atoms with Crippen molar-refractivity contribution in [2.24, 2.45) is 0 Å². The Labute approximate surface area is 368 Å². The van der Waals surface area contributed by atoms with Gasteiger partial charge in [-0.25, -0.2) is 4.98 Å². The maximum absolute atomic E-state index is 6.83. The summed E-state index contributed by atoms with van der Waals surface area (Å²) in [5.41, 5.74) is 13.1. The molecule has 6 aromatic carbocycles. The molecule has 5 heteroatoms. The Balaban J connectivity index is 1.10. The van der Waals surface area contributed by atoms with Gasteiger partial charge in [-0.3, -0.25) is 4.57 Å². The number of aromatic nitrogens is 2. The van der Waals surface area contributed by atoms with Crippen LogP contribution in [0.2, 0.25) is 0 Å². The average molecular weight is 817 g/mol. The first-order valence-corrected chi connectivity index (χ1v) is 22.1. The largest absolute Gasteiger partial charge is 0.457 e. The second-order valence-electron chi connectivity index (χ2n) is 20.7. The monoisotopic (exact) mass is 816 g/mol. The molecule has 314 valence electrons. The van der Waals surface area contributed by atoms with Crippen molar-refractivity contribution in [3.63, 3.8) is 0 Å². The van der Waals surface area contributed by atoms with Crippen LogP contribution in [0, 0.1) is 0 Å². The summed E-state index contributed by atoms with van der Waals surface area (Å²) in [4.78, 5) is 9.82. The molecule has 0 radical (unpaired) electrons. The van der Waals surface area contributed by atoms with E-state index >= 15 is 0 Å². The minimum atomic E-state index is -0.152. The molecule has 0 N–H and O–H groups in total. The van der Waals surface area contributed by atoms with Gasteiger partial charge in [-0.1, -0.05) is 137 Å². The first-order valence-electron chi connectivity index (χ1n) is 22.1. The summed E-state index contributed by atoms with van der Waals surface area (Å²) < 4.78 is 9.13. The minimum absolute atomic E-state index is 0.00227. The van der Waals surface area contributed by atoms with Crippen LogP contribution in [0.4, 0.5) is 22.7 Å². The molecular weight excluding hydrogens is 757 g/mol. The number of fused-ring (bicyclic) bond motifs is 4. The Kier molecular flexibility index (Phi) is 9.89. The topological polar surface area (TPSA) is 33.5 Å². The van der Waals surface area contributed by atoms with Crippen molar-refractivity contribution in [2.45, 2.75) is 97.8 Å². The summed E-state index contributed by atoms with van der Waals surface area (Å²) in [5.74, 6) is 2.46. The van der Waals surface area contributed by atoms with E-state index in [2.05, 4.69) is 236 Å². The summed E-state index contributed by atoms with van der Waals surface area (Å²) in [6, 6.07) is 53.1. The molecule has 2 aromatic heterocycles.